The van der Waals surface area contributed by atoms with Crippen molar-refractivity contribution >= 4 is 0 Å². The van der Waals surface area contributed by atoms with E-state index in [0.29, 0.717) is 5.69 Å². The third-order valence-corrected chi connectivity index (χ3v) is 4.27. The molecule has 1 atom stereocenters. The summed E-state index contributed by atoms with van der Waals surface area (Å²) in [5, 5.41) is 12.8. The van der Waals surface area contributed by atoms with E-state index in [1.165, 1.54) is 25.7 Å². The fourth-order valence-corrected chi connectivity index (χ4v) is 2.99. The van der Waals surface area contributed by atoms with Gasteiger partial charge >= 0.3 is 0 Å². The first kappa shape index (κ1) is 13.5. The zero-order valence-corrected chi connectivity index (χ0v) is 11.9. The van der Waals surface area contributed by atoms with E-state index >= 15 is 0 Å². The average molecular weight is 270 g/mol. The summed E-state index contributed by atoms with van der Waals surface area (Å²) in [5.74, 6) is 0.756. The van der Waals surface area contributed by atoms with Gasteiger partial charge in [0.1, 0.15) is 11.8 Å². The Morgan fingerprint density at radius 3 is 3.10 bits per heavy atom. The molecule has 1 aromatic rings. The second-order valence-electron chi connectivity index (χ2n) is 6.05. The first-order chi connectivity index (χ1) is 9.85. The van der Waals surface area contributed by atoms with E-state index < -0.39 is 0 Å². The van der Waals surface area contributed by atoms with Crippen molar-refractivity contribution in [1.29, 1.82) is 5.26 Å². The molecule has 0 aromatic carbocycles. The maximum atomic E-state index is 9.11. The molecular weight excluding hydrogens is 248 g/mol. The Morgan fingerprint density at radius 1 is 1.40 bits per heavy atom. The minimum Gasteiger partial charge on any atom is -0.314 e. The van der Waals surface area contributed by atoms with E-state index in [0.717, 1.165) is 43.7 Å². The van der Waals surface area contributed by atoms with Gasteiger partial charge in [-0.1, -0.05) is 6.07 Å². The summed E-state index contributed by atoms with van der Waals surface area (Å²) >= 11 is 0. The Kier molecular flexibility index (Phi) is 4.29. The largest absolute Gasteiger partial charge is 0.314 e. The molecule has 106 valence electrons. The van der Waals surface area contributed by atoms with E-state index in [-0.39, 0.29) is 0 Å². The molecule has 0 bridgehead atoms. The average Bonchev–Trinajstić information content (AvgIpc) is 3.30. The topological polar surface area (TPSA) is 52.0 Å². The van der Waals surface area contributed by atoms with Crippen molar-refractivity contribution in [3.63, 3.8) is 0 Å². The van der Waals surface area contributed by atoms with Crippen LogP contribution >= 0.6 is 0 Å². The van der Waals surface area contributed by atoms with Gasteiger partial charge in [0.2, 0.25) is 0 Å². The normalized spacial score (nSPS) is 23.4. The van der Waals surface area contributed by atoms with Gasteiger partial charge in [-0.3, -0.25) is 4.90 Å². The van der Waals surface area contributed by atoms with Gasteiger partial charge in [-0.05, 0) is 50.8 Å². The standard InChI is InChI=1S/C16H22N4/c17-9-16-14(4-1-7-18-16)12-20-8-2-3-13(11-20)10-19-15-5-6-15/h1,4,7,13,15,19H,2-3,5-6,8,10-12H2. The molecule has 1 aliphatic carbocycles. The summed E-state index contributed by atoms with van der Waals surface area (Å²) in [6, 6.07) is 6.94. The molecular formula is C16H22N4. The van der Waals surface area contributed by atoms with Gasteiger partial charge < -0.3 is 5.32 Å². The molecule has 1 saturated heterocycles. The lowest BCUT2D eigenvalue weighted by molar-refractivity contribution is 0.165. The molecule has 2 heterocycles. The number of likely N-dealkylation sites (tertiary alicyclic amines) is 1. The van der Waals surface area contributed by atoms with Gasteiger partial charge in [-0.15, -0.1) is 0 Å². The summed E-state index contributed by atoms with van der Waals surface area (Å²) in [6.07, 6.45) is 7.00. The number of hydrogen-bond donors (Lipinski definition) is 1. The molecule has 3 rings (SSSR count). The fraction of sp³-hybridized carbons (Fsp3) is 0.625. The van der Waals surface area contributed by atoms with E-state index in [2.05, 4.69) is 21.3 Å². The second-order valence-corrected chi connectivity index (χ2v) is 6.05. The molecule has 1 unspecified atom stereocenters. The smallest absolute Gasteiger partial charge is 0.144 e. The lowest BCUT2D eigenvalue weighted by Crippen LogP contribution is -2.39. The highest BCUT2D eigenvalue weighted by Crippen LogP contribution is 2.22. The first-order valence-corrected chi connectivity index (χ1v) is 7.65. The third-order valence-electron chi connectivity index (χ3n) is 4.27. The highest BCUT2D eigenvalue weighted by atomic mass is 15.1. The van der Waals surface area contributed by atoms with Crippen LogP contribution in [0.5, 0.6) is 0 Å². The van der Waals surface area contributed by atoms with Crippen molar-refractivity contribution in [2.75, 3.05) is 19.6 Å². The van der Waals surface area contributed by atoms with Crippen molar-refractivity contribution in [3.8, 4) is 6.07 Å². The number of nitriles is 1. The van der Waals surface area contributed by atoms with Gasteiger partial charge in [0, 0.05) is 30.9 Å². The van der Waals surface area contributed by atoms with Gasteiger partial charge in [0.25, 0.3) is 0 Å². The lowest BCUT2D eigenvalue weighted by Gasteiger charge is -2.33. The Hall–Kier alpha value is -1.44. The summed E-state index contributed by atoms with van der Waals surface area (Å²) in [7, 11) is 0. The van der Waals surface area contributed by atoms with Crippen LogP contribution in [0.2, 0.25) is 0 Å². The summed E-state index contributed by atoms with van der Waals surface area (Å²) in [5.41, 5.74) is 1.64. The van der Waals surface area contributed by atoms with Crippen LogP contribution in [0.1, 0.15) is 36.9 Å². The van der Waals surface area contributed by atoms with E-state index in [4.69, 9.17) is 5.26 Å². The summed E-state index contributed by atoms with van der Waals surface area (Å²) in [4.78, 5) is 6.62. The molecule has 2 aliphatic rings. The van der Waals surface area contributed by atoms with Crippen LogP contribution in [0.3, 0.4) is 0 Å². The first-order valence-electron chi connectivity index (χ1n) is 7.65. The molecule has 1 aliphatic heterocycles. The van der Waals surface area contributed by atoms with Crippen molar-refractivity contribution < 1.29 is 0 Å². The van der Waals surface area contributed by atoms with Gasteiger partial charge in [-0.2, -0.15) is 5.26 Å². The lowest BCUT2D eigenvalue weighted by atomic mass is 9.97. The van der Waals surface area contributed by atoms with Crippen LogP contribution in [-0.4, -0.2) is 35.6 Å². The third kappa shape index (κ3) is 3.56. The molecule has 0 radical (unpaired) electrons. The molecule has 2 fully saturated rings. The Balaban J connectivity index is 1.55. The SMILES string of the molecule is N#Cc1ncccc1CN1CCCC(CNC2CC2)C1. The molecule has 20 heavy (non-hydrogen) atoms. The predicted molar refractivity (Wildman–Crippen MR) is 78.0 cm³/mol. The number of pyridine rings is 1. The van der Waals surface area contributed by atoms with Crippen LogP contribution < -0.4 is 5.32 Å². The van der Waals surface area contributed by atoms with E-state index in [1.54, 1.807) is 6.20 Å². The number of nitrogens with zero attached hydrogens (tertiary/aromatic N) is 3. The molecule has 0 spiro atoms. The molecule has 1 N–H and O–H groups in total. The molecule has 1 saturated carbocycles. The zero-order valence-electron chi connectivity index (χ0n) is 11.9. The number of rotatable bonds is 5. The monoisotopic (exact) mass is 270 g/mol. The minimum absolute atomic E-state index is 0.575. The minimum atomic E-state index is 0.575. The Morgan fingerprint density at radius 2 is 2.30 bits per heavy atom. The summed E-state index contributed by atoms with van der Waals surface area (Å²) < 4.78 is 0. The predicted octanol–water partition coefficient (Wildman–Crippen LogP) is 1.92. The molecule has 0 amide bonds. The van der Waals surface area contributed by atoms with Crippen molar-refractivity contribution in [1.82, 2.24) is 15.2 Å². The van der Waals surface area contributed by atoms with Gasteiger partial charge in [0.05, 0.1) is 0 Å². The molecule has 4 heteroatoms. The van der Waals surface area contributed by atoms with Crippen LogP contribution in [-0.2, 0) is 6.54 Å². The molecule has 4 nitrogen and oxygen atoms in total. The van der Waals surface area contributed by atoms with E-state index in [1.807, 2.05) is 12.1 Å². The fourth-order valence-electron chi connectivity index (χ4n) is 2.99. The molecule has 1 aromatic heterocycles. The van der Waals surface area contributed by atoms with E-state index in [9.17, 15) is 0 Å². The number of nitrogens with one attached hydrogen (secondary N) is 1. The van der Waals surface area contributed by atoms with Crippen LogP contribution in [0.4, 0.5) is 0 Å². The van der Waals surface area contributed by atoms with Crippen LogP contribution in [0.25, 0.3) is 0 Å². The number of piperidine rings is 1. The Labute approximate surface area is 120 Å². The summed E-state index contributed by atoms with van der Waals surface area (Å²) in [6.45, 7) is 4.29. The zero-order chi connectivity index (χ0) is 13.8. The van der Waals surface area contributed by atoms with Crippen molar-refractivity contribution in [3.05, 3.63) is 29.6 Å². The second kappa shape index (κ2) is 6.34. The highest BCUT2D eigenvalue weighted by Gasteiger charge is 2.25. The maximum absolute atomic E-state index is 9.11. The van der Waals surface area contributed by atoms with Gasteiger partial charge in [-0.25, -0.2) is 4.98 Å². The van der Waals surface area contributed by atoms with Crippen LogP contribution in [0, 0.1) is 17.2 Å². The quantitative estimate of drug-likeness (QED) is 0.888. The maximum Gasteiger partial charge on any atom is 0.144 e. The number of aromatic nitrogens is 1. The Bertz CT molecular complexity index is 489. The number of hydrogen-bond acceptors (Lipinski definition) is 4. The van der Waals surface area contributed by atoms with Crippen LogP contribution in [0.15, 0.2) is 18.3 Å². The van der Waals surface area contributed by atoms with Crippen molar-refractivity contribution in [2.24, 2.45) is 5.92 Å². The van der Waals surface area contributed by atoms with Crippen molar-refractivity contribution in [2.45, 2.75) is 38.3 Å². The van der Waals surface area contributed by atoms with Gasteiger partial charge in [0.15, 0.2) is 0 Å². The highest BCUT2D eigenvalue weighted by molar-refractivity contribution is 5.30.